The summed E-state index contributed by atoms with van der Waals surface area (Å²) in [5, 5.41) is 2.60. The number of halogens is 1. The Hall–Kier alpha value is -3.17. The number of nitrogens with zero attached hydrogens (tertiary/aromatic N) is 1. The van der Waals surface area contributed by atoms with Gasteiger partial charge in [0, 0.05) is 22.3 Å². The molecule has 8 nitrogen and oxygen atoms in total. The molecule has 0 radical (unpaired) electrons. The van der Waals surface area contributed by atoms with Gasteiger partial charge in [0.15, 0.2) is 11.5 Å². The second-order valence-corrected chi connectivity index (χ2v) is 8.13. The summed E-state index contributed by atoms with van der Waals surface area (Å²) in [6.07, 6.45) is 1.52. The van der Waals surface area contributed by atoms with Crippen LogP contribution in [0, 0.1) is 6.92 Å². The molecule has 0 spiro atoms. The van der Waals surface area contributed by atoms with Gasteiger partial charge >= 0.3 is 0 Å². The zero-order valence-electron chi connectivity index (χ0n) is 17.9. The van der Waals surface area contributed by atoms with Crippen molar-refractivity contribution in [2.24, 2.45) is 0 Å². The quantitative estimate of drug-likeness (QED) is 0.593. The first-order valence-electron chi connectivity index (χ1n) is 9.38. The van der Waals surface area contributed by atoms with Gasteiger partial charge in [-0.3, -0.25) is 19.3 Å². The monoisotopic (exact) mass is 476 g/mol. The zero-order chi connectivity index (χ0) is 23.4. The fourth-order valence-electron chi connectivity index (χ4n) is 2.96. The number of hydrogen-bond acceptors (Lipinski definition) is 7. The molecule has 1 fully saturated rings. The number of amides is 3. The molecule has 3 amide bonds. The maximum Gasteiger partial charge on any atom is 0.294 e. The van der Waals surface area contributed by atoms with Gasteiger partial charge in [-0.15, -0.1) is 0 Å². The number of carbonyl (C=O) groups excluding carboxylic acids is 3. The summed E-state index contributed by atoms with van der Waals surface area (Å²) < 4.78 is 15.9. The standard InChI is InChI=1S/C22H21ClN2O6S/c1-12-5-6-14(9-15(12)23)24-20(26)11-25-21(27)19(32-22(25)28)8-13-7-17(30-3)18(31-4)10-16(13)29-2/h5-10H,11H2,1-4H3,(H,24,26)/b19-8+. The molecule has 1 saturated heterocycles. The summed E-state index contributed by atoms with van der Waals surface area (Å²) in [7, 11) is 4.46. The molecule has 0 saturated carbocycles. The van der Waals surface area contributed by atoms with Crippen molar-refractivity contribution in [3.63, 3.8) is 0 Å². The number of nitrogens with one attached hydrogen (secondary N) is 1. The highest BCUT2D eigenvalue weighted by atomic mass is 35.5. The van der Waals surface area contributed by atoms with Gasteiger partial charge in [-0.25, -0.2) is 0 Å². The Morgan fingerprint density at radius 1 is 1.06 bits per heavy atom. The van der Waals surface area contributed by atoms with Crippen LogP contribution in [0.5, 0.6) is 17.2 Å². The predicted octanol–water partition coefficient (Wildman–Crippen LogP) is 4.35. The van der Waals surface area contributed by atoms with Crippen LogP contribution in [0.2, 0.25) is 5.02 Å². The van der Waals surface area contributed by atoms with E-state index in [9.17, 15) is 14.4 Å². The number of benzene rings is 2. The van der Waals surface area contributed by atoms with Crippen LogP contribution in [0.25, 0.3) is 6.08 Å². The van der Waals surface area contributed by atoms with Gasteiger partial charge in [0.05, 0.1) is 26.2 Å². The highest BCUT2D eigenvalue weighted by Crippen LogP contribution is 2.38. The van der Waals surface area contributed by atoms with Crippen LogP contribution in [0.1, 0.15) is 11.1 Å². The van der Waals surface area contributed by atoms with E-state index in [2.05, 4.69) is 5.32 Å². The molecule has 1 aliphatic rings. The molecular weight excluding hydrogens is 456 g/mol. The van der Waals surface area contributed by atoms with E-state index in [1.807, 2.05) is 6.92 Å². The van der Waals surface area contributed by atoms with E-state index in [0.29, 0.717) is 33.5 Å². The summed E-state index contributed by atoms with van der Waals surface area (Å²) in [6.45, 7) is 1.42. The number of methoxy groups -OCH3 is 3. The van der Waals surface area contributed by atoms with Crippen molar-refractivity contribution in [1.82, 2.24) is 4.90 Å². The fraction of sp³-hybridized carbons (Fsp3) is 0.227. The zero-order valence-corrected chi connectivity index (χ0v) is 19.4. The maximum atomic E-state index is 12.8. The number of imide groups is 1. The second kappa shape index (κ2) is 9.97. The third-order valence-corrected chi connectivity index (χ3v) is 5.97. The average molecular weight is 477 g/mol. The van der Waals surface area contributed by atoms with Crippen molar-refractivity contribution in [2.45, 2.75) is 6.92 Å². The Kier molecular flexibility index (Phi) is 7.32. The molecule has 0 aliphatic carbocycles. The van der Waals surface area contributed by atoms with Crippen molar-refractivity contribution < 1.29 is 28.6 Å². The highest BCUT2D eigenvalue weighted by Gasteiger charge is 2.36. The minimum Gasteiger partial charge on any atom is -0.496 e. The summed E-state index contributed by atoms with van der Waals surface area (Å²) in [5.41, 5.74) is 1.86. The number of ether oxygens (including phenoxy) is 3. The van der Waals surface area contributed by atoms with Gasteiger partial charge in [0.2, 0.25) is 5.91 Å². The Morgan fingerprint density at radius 2 is 1.72 bits per heavy atom. The number of thioether (sulfide) groups is 1. The Morgan fingerprint density at radius 3 is 2.34 bits per heavy atom. The lowest BCUT2D eigenvalue weighted by Crippen LogP contribution is -2.36. The maximum absolute atomic E-state index is 12.8. The molecule has 1 N–H and O–H groups in total. The summed E-state index contributed by atoms with van der Waals surface area (Å²) in [4.78, 5) is 38.6. The van der Waals surface area contributed by atoms with E-state index in [0.717, 1.165) is 22.2 Å². The SMILES string of the molecule is COc1cc(OC)c(OC)cc1/C=C1/SC(=O)N(CC(=O)Nc2ccc(C)c(Cl)c2)C1=O. The Labute approximate surface area is 194 Å². The molecule has 1 heterocycles. The summed E-state index contributed by atoms with van der Waals surface area (Å²) >= 11 is 6.81. The van der Waals surface area contributed by atoms with Gasteiger partial charge in [0.25, 0.3) is 11.1 Å². The molecule has 1 aliphatic heterocycles. The minimum absolute atomic E-state index is 0.159. The molecule has 0 aromatic heterocycles. The number of anilines is 1. The van der Waals surface area contributed by atoms with E-state index < -0.39 is 23.6 Å². The number of aryl methyl sites for hydroxylation is 1. The smallest absolute Gasteiger partial charge is 0.294 e. The first-order chi connectivity index (χ1) is 15.3. The normalized spacial score (nSPS) is 14.7. The predicted molar refractivity (Wildman–Crippen MR) is 124 cm³/mol. The van der Waals surface area contributed by atoms with Gasteiger partial charge in [0.1, 0.15) is 12.3 Å². The van der Waals surface area contributed by atoms with E-state index in [1.54, 1.807) is 30.3 Å². The fourth-order valence-corrected chi connectivity index (χ4v) is 3.97. The molecule has 2 aromatic carbocycles. The molecule has 10 heteroatoms. The number of rotatable bonds is 7. The highest BCUT2D eigenvalue weighted by molar-refractivity contribution is 8.18. The lowest BCUT2D eigenvalue weighted by molar-refractivity contribution is -0.127. The van der Waals surface area contributed by atoms with Crippen LogP contribution in [0.3, 0.4) is 0 Å². The molecule has 3 rings (SSSR count). The van der Waals surface area contributed by atoms with Crippen molar-refractivity contribution >= 4 is 52.2 Å². The van der Waals surface area contributed by atoms with Crippen molar-refractivity contribution in [2.75, 3.05) is 33.2 Å². The minimum atomic E-state index is -0.575. The Balaban J connectivity index is 1.79. The Bertz CT molecular complexity index is 1120. The van der Waals surface area contributed by atoms with Gasteiger partial charge in [-0.1, -0.05) is 17.7 Å². The summed E-state index contributed by atoms with van der Waals surface area (Å²) in [6, 6.07) is 8.31. The van der Waals surface area contributed by atoms with Gasteiger partial charge in [-0.2, -0.15) is 0 Å². The van der Waals surface area contributed by atoms with Crippen molar-refractivity contribution in [3.8, 4) is 17.2 Å². The molecule has 0 bridgehead atoms. The first-order valence-corrected chi connectivity index (χ1v) is 10.6. The average Bonchev–Trinajstić information content (AvgIpc) is 3.03. The molecule has 0 atom stereocenters. The van der Waals surface area contributed by atoms with E-state index in [1.165, 1.54) is 27.4 Å². The second-order valence-electron chi connectivity index (χ2n) is 6.73. The van der Waals surface area contributed by atoms with Crippen LogP contribution in [-0.2, 0) is 9.59 Å². The topological polar surface area (TPSA) is 94.2 Å². The van der Waals surface area contributed by atoms with Gasteiger partial charge in [-0.05, 0) is 48.5 Å². The lowest BCUT2D eigenvalue weighted by Gasteiger charge is -2.13. The molecule has 32 heavy (non-hydrogen) atoms. The number of hydrogen-bond donors (Lipinski definition) is 1. The largest absolute Gasteiger partial charge is 0.496 e. The van der Waals surface area contributed by atoms with E-state index in [4.69, 9.17) is 25.8 Å². The van der Waals surface area contributed by atoms with Crippen LogP contribution in [-0.4, -0.2) is 49.8 Å². The third-order valence-electron chi connectivity index (χ3n) is 4.65. The van der Waals surface area contributed by atoms with Crippen LogP contribution < -0.4 is 19.5 Å². The van der Waals surface area contributed by atoms with Crippen LogP contribution in [0.4, 0.5) is 10.5 Å². The van der Waals surface area contributed by atoms with Crippen molar-refractivity contribution in [3.05, 3.63) is 51.4 Å². The third kappa shape index (κ3) is 5.00. The molecule has 0 unspecified atom stereocenters. The van der Waals surface area contributed by atoms with E-state index in [-0.39, 0.29) is 4.91 Å². The summed E-state index contributed by atoms with van der Waals surface area (Å²) in [5.74, 6) is 0.243. The molecular formula is C22H21ClN2O6S. The number of carbonyl (C=O) groups is 3. The van der Waals surface area contributed by atoms with Crippen LogP contribution in [0.15, 0.2) is 35.2 Å². The molecule has 2 aromatic rings. The first kappa shape index (κ1) is 23.5. The van der Waals surface area contributed by atoms with E-state index >= 15 is 0 Å². The van der Waals surface area contributed by atoms with Gasteiger partial charge < -0.3 is 19.5 Å². The molecule has 168 valence electrons. The lowest BCUT2D eigenvalue weighted by atomic mass is 10.1. The van der Waals surface area contributed by atoms with Crippen molar-refractivity contribution in [1.29, 1.82) is 0 Å². The van der Waals surface area contributed by atoms with Crippen LogP contribution >= 0.6 is 23.4 Å².